The molecule has 0 aliphatic rings. The van der Waals surface area contributed by atoms with E-state index in [1.165, 1.54) is 12.3 Å². The number of hydrogen-bond acceptors (Lipinski definition) is 3. The van der Waals surface area contributed by atoms with Gasteiger partial charge in [-0.3, -0.25) is 4.79 Å². The monoisotopic (exact) mass is 332 g/mol. The van der Waals surface area contributed by atoms with Crippen molar-refractivity contribution in [2.45, 2.75) is 12.7 Å². The molecule has 22 heavy (non-hydrogen) atoms. The predicted molar refractivity (Wildman–Crippen MR) is 75.5 cm³/mol. The lowest BCUT2D eigenvalue weighted by atomic mass is 10.1. The normalized spacial score (nSPS) is 11.5. The Labute approximate surface area is 129 Å². The lowest BCUT2D eigenvalue weighted by Gasteiger charge is -2.14. The predicted octanol–water partition coefficient (Wildman–Crippen LogP) is 3.68. The molecule has 0 aliphatic carbocycles. The highest BCUT2D eigenvalue weighted by atomic mass is 35.5. The number of hydrogen-bond donors (Lipinski definition) is 2. The summed E-state index contributed by atoms with van der Waals surface area (Å²) in [5.41, 5.74) is -1.32. The van der Waals surface area contributed by atoms with Crippen LogP contribution in [0.3, 0.4) is 0 Å². The summed E-state index contributed by atoms with van der Waals surface area (Å²) in [5.74, 6) is 0.0228. The molecule has 118 valence electrons. The molecule has 0 aliphatic heterocycles. The van der Waals surface area contributed by atoms with E-state index < -0.39 is 17.6 Å². The van der Waals surface area contributed by atoms with Gasteiger partial charge in [-0.2, -0.15) is 13.2 Å². The zero-order valence-electron chi connectivity index (χ0n) is 11.2. The van der Waals surface area contributed by atoms with Crippen LogP contribution in [0.4, 0.5) is 18.9 Å². The minimum atomic E-state index is -4.60. The zero-order valence-corrected chi connectivity index (χ0v) is 12.0. The van der Waals surface area contributed by atoms with Crippen LogP contribution in [-0.4, -0.2) is 12.5 Å². The average molecular weight is 333 g/mol. The standard InChI is InChI=1S/C14H12ClF3N2O2/c15-9-3-4-12(11(6-9)14(16,17)18)20-13(21)8-19-7-10-2-1-5-22-10/h1-6,19H,7-8H2,(H,20,21). The molecule has 2 rings (SSSR count). The molecule has 0 radical (unpaired) electrons. The third-order valence-electron chi connectivity index (χ3n) is 2.73. The van der Waals surface area contributed by atoms with E-state index >= 15 is 0 Å². The van der Waals surface area contributed by atoms with Crippen LogP contribution in [0, 0.1) is 0 Å². The summed E-state index contributed by atoms with van der Waals surface area (Å²) in [7, 11) is 0. The zero-order chi connectivity index (χ0) is 16.2. The van der Waals surface area contributed by atoms with Crippen molar-refractivity contribution in [3.05, 3.63) is 52.9 Å². The van der Waals surface area contributed by atoms with Crippen LogP contribution in [0.1, 0.15) is 11.3 Å². The Morgan fingerprint density at radius 1 is 1.27 bits per heavy atom. The summed E-state index contributed by atoms with van der Waals surface area (Å²) >= 11 is 5.56. The van der Waals surface area contributed by atoms with E-state index in [2.05, 4.69) is 10.6 Å². The Hall–Kier alpha value is -1.99. The van der Waals surface area contributed by atoms with Crippen LogP contribution in [0.15, 0.2) is 41.0 Å². The maximum atomic E-state index is 12.9. The van der Waals surface area contributed by atoms with E-state index in [-0.39, 0.29) is 17.3 Å². The second-order valence-electron chi connectivity index (χ2n) is 4.42. The van der Waals surface area contributed by atoms with E-state index in [0.29, 0.717) is 12.3 Å². The molecule has 1 heterocycles. The van der Waals surface area contributed by atoms with Gasteiger partial charge in [0.25, 0.3) is 0 Å². The van der Waals surface area contributed by atoms with E-state index in [1.54, 1.807) is 12.1 Å². The smallest absolute Gasteiger partial charge is 0.418 e. The first-order chi connectivity index (χ1) is 10.4. The number of alkyl halides is 3. The molecule has 0 saturated heterocycles. The van der Waals surface area contributed by atoms with Crippen molar-refractivity contribution in [1.29, 1.82) is 0 Å². The summed E-state index contributed by atoms with van der Waals surface area (Å²) in [6, 6.07) is 6.58. The molecular formula is C14H12ClF3N2O2. The largest absolute Gasteiger partial charge is 0.468 e. The van der Waals surface area contributed by atoms with Gasteiger partial charge in [0, 0.05) is 5.02 Å². The third-order valence-corrected chi connectivity index (χ3v) is 2.96. The fraction of sp³-hybridized carbons (Fsp3) is 0.214. The summed E-state index contributed by atoms with van der Waals surface area (Å²) in [6.45, 7) is 0.147. The van der Waals surface area contributed by atoms with E-state index in [9.17, 15) is 18.0 Å². The molecule has 4 nitrogen and oxygen atoms in total. The first-order valence-corrected chi connectivity index (χ1v) is 6.64. The first kappa shape index (κ1) is 16.4. The Kier molecular flexibility index (Phi) is 5.10. The molecule has 0 saturated carbocycles. The average Bonchev–Trinajstić information content (AvgIpc) is 2.93. The minimum Gasteiger partial charge on any atom is -0.468 e. The van der Waals surface area contributed by atoms with Crippen molar-refractivity contribution >= 4 is 23.2 Å². The summed E-state index contributed by atoms with van der Waals surface area (Å²) in [4.78, 5) is 11.7. The van der Waals surface area contributed by atoms with Crippen LogP contribution in [0.25, 0.3) is 0 Å². The molecule has 8 heteroatoms. The second-order valence-corrected chi connectivity index (χ2v) is 4.86. The highest BCUT2D eigenvalue weighted by Crippen LogP contribution is 2.36. The van der Waals surface area contributed by atoms with E-state index in [4.69, 9.17) is 16.0 Å². The molecule has 1 aromatic carbocycles. The van der Waals surface area contributed by atoms with Gasteiger partial charge in [0.05, 0.1) is 30.6 Å². The van der Waals surface area contributed by atoms with Crippen molar-refractivity contribution in [2.75, 3.05) is 11.9 Å². The third kappa shape index (κ3) is 4.51. The molecule has 0 unspecified atom stereocenters. The lowest BCUT2D eigenvalue weighted by Crippen LogP contribution is -2.28. The molecule has 0 atom stereocenters. The topological polar surface area (TPSA) is 54.3 Å². The van der Waals surface area contributed by atoms with Crippen LogP contribution >= 0.6 is 11.6 Å². The van der Waals surface area contributed by atoms with Gasteiger partial charge in [-0.05, 0) is 30.3 Å². The van der Waals surface area contributed by atoms with Gasteiger partial charge in [-0.25, -0.2) is 0 Å². The number of benzene rings is 1. The van der Waals surface area contributed by atoms with Crippen LogP contribution in [0.2, 0.25) is 5.02 Å². The van der Waals surface area contributed by atoms with E-state index in [0.717, 1.165) is 12.1 Å². The fourth-order valence-corrected chi connectivity index (χ4v) is 1.94. The molecule has 0 fully saturated rings. The molecule has 0 bridgehead atoms. The lowest BCUT2D eigenvalue weighted by molar-refractivity contribution is -0.137. The molecule has 1 aromatic heterocycles. The number of amides is 1. The number of nitrogens with one attached hydrogen (secondary N) is 2. The second kappa shape index (κ2) is 6.85. The van der Waals surface area contributed by atoms with Crippen molar-refractivity contribution in [3.8, 4) is 0 Å². The maximum Gasteiger partial charge on any atom is 0.418 e. The van der Waals surface area contributed by atoms with Crippen molar-refractivity contribution in [1.82, 2.24) is 5.32 Å². The Morgan fingerprint density at radius 2 is 2.05 bits per heavy atom. The van der Waals surface area contributed by atoms with Gasteiger partial charge in [0.2, 0.25) is 5.91 Å². The summed E-state index contributed by atoms with van der Waals surface area (Å²) in [5, 5.41) is 4.92. The van der Waals surface area contributed by atoms with Crippen molar-refractivity contribution in [2.24, 2.45) is 0 Å². The van der Waals surface area contributed by atoms with Gasteiger partial charge >= 0.3 is 6.18 Å². The summed E-state index contributed by atoms with van der Waals surface area (Å²) < 4.78 is 43.7. The Balaban J connectivity index is 1.96. The maximum absolute atomic E-state index is 12.9. The number of furan rings is 1. The number of carbonyl (C=O) groups is 1. The van der Waals surface area contributed by atoms with Gasteiger partial charge in [0.15, 0.2) is 0 Å². The highest BCUT2D eigenvalue weighted by molar-refractivity contribution is 6.30. The summed E-state index contributed by atoms with van der Waals surface area (Å²) in [6.07, 6.45) is -3.12. The molecular weight excluding hydrogens is 321 g/mol. The number of rotatable bonds is 5. The van der Waals surface area contributed by atoms with Gasteiger partial charge < -0.3 is 15.1 Å². The molecule has 1 amide bonds. The molecule has 2 N–H and O–H groups in total. The first-order valence-electron chi connectivity index (χ1n) is 6.26. The van der Waals surface area contributed by atoms with Crippen molar-refractivity contribution in [3.63, 3.8) is 0 Å². The van der Waals surface area contributed by atoms with Crippen LogP contribution in [0.5, 0.6) is 0 Å². The quantitative estimate of drug-likeness (QED) is 0.878. The molecule has 2 aromatic rings. The van der Waals surface area contributed by atoms with Crippen LogP contribution < -0.4 is 10.6 Å². The van der Waals surface area contributed by atoms with Crippen molar-refractivity contribution < 1.29 is 22.4 Å². The van der Waals surface area contributed by atoms with Gasteiger partial charge in [-0.1, -0.05) is 11.6 Å². The SMILES string of the molecule is O=C(CNCc1ccco1)Nc1ccc(Cl)cc1C(F)(F)F. The number of carbonyl (C=O) groups excluding carboxylic acids is 1. The van der Waals surface area contributed by atoms with Gasteiger partial charge in [-0.15, -0.1) is 0 Å². The fourth-order valence-electron chi connectivity index (χ4n) is 1.77. The van der Waals surface area contributed by atoms with Crippen LogP contribution in [-0.2, 0) is 17.5 Å². The Morgan fingerprint density at radius 3 is 2.68 bits per heavy atom. The number of halogens is 4. The highest BCUT2D eigenvalue weighted by Gasteiger charge is 2.34. The minimum absolute atomic E-state index is 0.0544. The Bertz CT molecular complexity index is 642. The van der Waals surface area contributed by atoms with E-state index in [1.807, 2.05) is 0 Å². The van der Waals surface area contributed by atoms with Gasteiger partial charge in [0.1, 0.15) is 5.76 Å². The molecule has 0 spiro atoms. The number of anilines is 1.